The minimum Gasteiger partial charge on any atom is -0.468 e. The average Bonchev–Trinajstić information content (AvgIpc) is 2.73. The summed E-state index contributed by atoms with van der Waals surface area (Å²) in [4.78, 5) is 11.1. The van der Waals surface area contributed by atoms with Crippen molar-refractivity contribution in [3.63, 3.8) is 0 Å². The van der Waals surface area contributed by atoms with Gasteiger partial charge >= 0.3 is 5.97 Å². The van der Waals surface area contributed by atoms with E-state index in [0.29, 0.717) is 13.1 Å². The van der Waals surface area contributed by atoms with Crippen LogP contribution in [0.15, 0.2) is 12.4 Å². The Labute approximate surface area is 94.2 Å². The second kappa shape index (κ2) is 6.24. The maximum atomic E-state index is 11.1. The summed E-state index contributed by atoms with van der Waals surface area (Å²) in [5, 5.41) is 15.8. The van der Waals surface area contributed by atoms with E-state index < -0.39 is 0 Å². The van der Waals surface area contributed by atoms with Crippen molar-refractivity contribution in [1.82, 2.24) is 15.1 Å². The van der Waals surface area contributed by atoms with Crippen molar-refractivity contribution in [2.45, 2.75) is 26.1 Å². The van der Waals surface area contributed by atoms with Gasteiger partial charge in [-0.1, -0.05) is 0 Å². The number of methoxy groups -OCH3 is 1. The van der Waals surface area contributed by atoms with Gasteiger partial charge in [-0.15, -0.1) is 0 Å². The highest BCUT2D eigenvalue weighted by Crippen LogP contribution is 1.98. The predicted molar refractivity (Wildman–Crippen MR) is 57.6 cm³/mol. The zero-order valence-electron chi connectivity index (χ0n) is 9.51. The Morgan fingerprint density at radius 1 is 1.75 bits per heavy atom. The van der Waals surface area contributed by atoms with E-state index in [4.69, 9.17) is 5.11 Å². The summed E-state index contributed by atoms with van der Waals surface area (Å²) in [7, 11) is 1.36. The zero-order chi connectivity index (χ0) is 12.0. The van der Waals surface area contributed by atoms with Crippen LogP contribution in [0.3, 0.4) is 0 Å². The smallest absolute Gasteiger partial charge is 0.322 e. The molecule has 0 radical (unpaired) electrons. The summed E-state index contributed by atoms with van der Waals surface area (Å²) in [5.41, 5.74) is 0.962. The molecule has 1 atom stereocenters. The lowest BCUT2D eigenvalue weighted by Gasteiger charge is -2.09. The highest BCUT2D eigenvalue weighted by molar-refractivity contribution is 5.75. The number of hydrogen-bond acceptors (Lipinski definition) is 5. The fraction of sp³-hybridized carbons (Fsp3) is 0.600. The average molecular weight is 227 g/mol. The standard InChI is InChI=1S/C10H17N3O3/c1-8(10(15)16-2)11-5-9-6-12-13(7-9)3-4-14/h6-8,11,14H,3-5H2,1-2H3/t8-/m0/s1. The molecule has 1 heterocycles. The number of ether oxygens (including phenoxy) is 1. The van der Waals surface area contributed by atoms with Gasteiger partial charge in [-0.05, 0) is 6.92 Å². The fourth-order valence-electron chi connectivity index (χ4n) is 1.25. The molecule has 0 fully saturated rings. The molecule has 0 saturated heterocycles. The number of carbonyl (C=O) groups is 1. The highest BCUT2D eigenvalue weighted by atomic mass is 16.5. The number of aliphatic hydroxyl groups excluding tert-OH is 1. The van der Waals surface area contributed by atoms with Crippen LogP contribution >= 0.6 is 0 Å². The largest absolute Gasteiger partial charge is 0.468 e. The van der Waals surface area contributed by atoms with Crippen LogP contribution in [0.1, 0.15) is 12.5 Å². The van der Waals surface area contributed by atoms with E-state index in [0.717, 1.165) is 5.56 Å². The number of carbonyl (C=O) groups excluding carboxylic acids is 1. The maximum Gasteiger partial charge on any atom is 0.322 e. The van der Waals surface area contributed by atoms with Crippen LogP contribution in [0, 0.1) is 0 Å². The van der Waals surface area contributed by atoms with Crippen LogP contribution < -0.4 is 5.32 Å². The van der Waals surface area contributed by atoms with Crippen molar-refractivity contribution in [3.05, 3.63) is 18.0 Å². The molecule has 0 unspecified atom stereocenters. The van der Waals surface area contributed by atoms with Crippen molar-refractivity contribution in [1.29, 1.82) is 0 Å². The van der Waals surface area contributed by atoms with Gasteiger partial charge in [0.25, 0.3) is 0 Å². The van der Waals surface area contributed by atoms with Gasteiger partial charge < -0.3 is 15.2 Å². The zero-order valence-corrected chi connectivity index (χ0v) is 9.51. The molecule has 0 aliphatic carbocycles. The first-order chi connectivity index (χ1) is 7.67. The second-order valence-electron chi connectivity index (χ2n) is 3.46. The number of esters is 1. The topological polar surface area (TPSA) is 76.4 Å². The lowest BCUT2D eigenvalue weighted by Crippen LogP contribution is -2.34. The third kappa shape index (κ3) is 3.63. The molecule has 0 spiro atoms. The first-order valence-corrected chi connectivity index (χ1v) is 5.10. The Hall–Kier alpha value is -1.40. The number of hydrogen-bond donors (Lipinski definition) is 2. The van der Waals surface area contributed by atoms with Crippen LogP contribution in [-0.2, 0) is 22.6 Å². The Kier molecular flexibility index (Phi) is 4.94. The molecule has 6 heteroatoms. The summed E-state index contributed by atoms with van der Waals surface area (Å²) < 4.78 is 6.24. The van der Waals surface area contributed by atoms with Gasteiger partial charge in [0, 0.05) is 18.3 Å². The Morgan fingerprint density at radius 3 is 3.12 bits per heavy atom. The number of nitrogens with one attached hydrogen (secondary N) is 1. The molecule has 90 valence electrons. The lowest BCUT2D eigenvalue weighted by atomic mass is 10.3. The summed E-state index contributed by atoms with van der Waals surface area (Å²) >= 11 is 0. The molecule has 2 N–H and O–H groups in total. The van der Waals surface area contributed by atoms with E-state index in [2.05, 4.69) is 15.2 Å². The highest BCUT2D eigenvalue weighted by Gasteiger charge is 2.11. The van der Waals surface area contributed by atoms with Gasteiger partial charge in [-0.2, -0.15) is 5.10 Å². The number of nitrogens with zero attached hydrogens (tertiary/aromatic N) is 2. The molecule has 0 aliphatic rings. The van der Waals surface area contributed by atoms with E-state index >= 15 is 0 Å². The molecule has 1 aromatic heterocycles. The molecule has 0 amide bonds. The molecular weight excluding hydrogens is 210 g/mol. The van der Waals surface area contributed by atoms with Crippen molar-refractivity contribution < 1.29 is 14.6 Å². The fourth-order valence-corrected chi connectivity index (χ4v) is 1.25. The van der Waals surface area contributed by atoms with E-state index in [1.807, 2.05) is 6.20 Å². The summed E-state index contributed by atoms with van der Waals surface area (Å²) in [5.74, 6) is -0.289. The number of aliphatic hydroxyl groups is 1. The summed E-state index contributed by atoms with van der Waals surface area (Å²) in [6.45, 7) is 2.82. The van der Waals surface area contributed by atoms with E-state index in [9.17, 15) is 4.79 Å². The Bertz CT molecular complexity index is 338. The van der Waals surface area contributed by atoms with Gasteiger partial charge in [-0.25, -0.2) is 0 Å². The van der Waals surface area contributed by atoms with Crippen LogP contribution in [0.25, 0.3) is 0 Å². The van der Waals surface area contributed by atoms with Crippen molar-refractivity contribution in [3.8, 4) is 0 Å². The second-order valence-corrected chi connectivity index (χ2v) is 3.46. The van der Waals surface area contributed by atoms with Gasteiger partial charge in [-0.3, -0.25) is 9.48 Å². The van der Waals surface area contributed by atoms with Gasteiger partial charge in [0.05, 0.1) is 26.5 Å². The molecule has 1 rings (SSSR count). The Morgan fingerprint density at radius 2 is 2.50 bits per heavy atom. The molecule has 0 saturated carbocycles. The van der Waals surface area contributed by atoms with Crippen LogP contribution in [0.4, 0.5) is 0 Å². The normalized spacial score (nSPS) is 12.4. The van der Waals surface area contributed by atoms with Crippen LogP contribution in [-0.4, -0.2) is 40.6 Å². The lowest BCUT2D eigenvalue weighted by molar-refractivity contribution is -0.142. The third-order valence-corrected chi connectivity index (χ3v) is 2.18. The van der Waals surface area contributed by atoms with Gasteiger partial charge in [0.2, 0.25) is 0 Å². The first kappa shape index (κ1) is 12.7. The van der Waals surface area contributed by atoms with Gasteiger partial charge in [0.1, 0.15) is 6.04 Å². The van der Waals surface area contributed by atoms with E-state index in [1.54, 1.807) is 17.8 Å². The number of rotatable bonds is 6. The monoisotopic (exact) mass is 227 g/mol. The summed E-state index contributed by atoms with van der Waals surface area (Å²) in [6.07, 6.45) is 3.53. The van der Waals surface area contributed by atoms with Crippen molar-refractivity contribution in [2.75, 3.05) is 13.7 Å². The Balaban J connectivity index is 2.39. The first-order valence-electron chi connectivity index (χ1n) is 5.10. The molecule has 0 aliphatic heterocycles. The molecule has 0 bridgehead atoms. The predicted octanol–water partition coefficient (Wildman–Crippen LogP) is -0.474. The molecule has 16 heavy (non-hydrogen) atoms. The van der Waals surface area contributed by atoms with E-state index in [-0.39, 0.29) is 18.6 Å². The molecule has 0 aromatic carbocycles. The molecule has 6 nitrogen and oxygen atoms in total. The minimum absolute atomic E-state index is 0.0626. The van der Waals surface area contributed by atoms with E-state index in [1.165, 1.54) is 7.11 Å². The molecular formula is C10H17N3O3. The summed E-state index contributed by atoms with van der Waals surface area (Å²) in [6, 6.07) is -0.341. The minimum atomic E-state index is -0.341. The van der Waals surface area contributed by atoms with Crippen molar-refractivity contribution in [2.24, 2.45) is 0 Å². The van der Waals surface area contributed by atoms with Gasteiger partial charge in [0.15, 0.2) is 0 Å². The SMILES string of the molecule is COC(=O)[C@H](C)NCc1cnn(CCO)c1. The maximum absolute atomic E-state index is 11.1. The van der Waals surface area contributed by atoms with Crippen LogP contribution in [0.2, 0.25) is 0 Å². The quantitative estimate of drug-likeness (QED) is 0.642. The van der Waals surface area contributed by atoms with Crippen LogP contribution in [0.5, 0.6) is 0 Å². The number of aromatic nitrogens is 2. The third-order valence-electron chi connectivity index (χ3n) is 2.18. The molecule has 1 aromatic rings. The van der Waals surface area contributed by atoms with Crippen molar-refractivity contribution >= 4 is 5.97 Å².